The Balaban J connectivity index is 1.41. The molecule has 1 N–H and O–H groups in total. The molecule has 0 aliphatic heterocycles. The van der Waals surface area contributed by atoms with E-state index < -0.39 is 0 Å². The van der Waals surface area contributed by atoms with Gasteiger partial charge < -0.3 is 9.88 Å². The van der Waals surface area contributed by atoms with Crippen molar-refractivity contribution in [1.82, 2.24) is 14.9 Å². The van der Waals surface area contributed by atoms with E-state index in [4.69, 9.17) is 10.2 Å². The van der Waals surface area contributed by atoms with Gasteiger partial charge in [0, 0.05) is 25.1 Å². The molecule has 1 aromatic heterocycles. The number of rotatable bonds is 5. The second kappa shape index (κ2) is 6.64. The SMILES string of the molecule is Cn1c(C2CC2)nc2cc(CCNC(=O)c3cccc(C#N)c3)ccc21. The van der Waals surface area contributed by atoms with Gasteiger partial charge in [0.15, 0.2) is 0 Å². The van der Waals surface area contributed by atoms with Gasteiger partial charge in [0.05, 0.1) is 22.7 Å². The van der Waals surface area contributed by atoms with E-state index in [0.29, 0.717) is 23.6 Å². The van der Waals surface area contributed by atoms with Crippen molar-refractivity contribution in [2.24, 2.45) is 7.05 Å². The number of amides is 1. The maximum absolute atomic E-state index is 12.2. The van der Waals surface area contributed by atoms with Crippen LogP contribution in [0.1, 0.15) is 46.1 Å². The highest BCUT2D eigenvalue weighted by Gasteiger charge is 2.28. The molecule has 2 aromatic carbocycles. The number of hydrogen-bond acceptors (Lipinski definition) is 3. The van der Waals surface area contributed by atoms with Gasteiger partial charge >= 0.3 is 0 Å². The minimum absolute atomic E-state index is 0.156. The van der Waals surface area contributed by atoms with Gasteiger partial charge in [-0.25, -0.2) is 4.98 Å². The van der Waals surface area contributed by atoms with Gasteiger partial charge in [0.25, 0.3) is 5.91 Å². The lowest BCUT2D eigenvalue weighted by Crippen LogP contribution is -2.25. The topological polar surface area (TPSA) is 70.7 Å². The van der Waals surface area contributed by atoms with E-state index in [1.807, 2.05) is 0 Å². The summed E-state index contributed by atoms with van der Waals surface area (Å²) in [6, 6.07) is 15.1. The molecule has 1 fully saturated rings. The number of nitriles is 1. The van der Waals surface area contributed by atoms with Crippen molar-refractivity contribution in [3.05, 3.63) is 65.0 Å². The monoisotopic (exact) mass is 344 g/mol. The normalized spacial score (nSPS) is 13.5. The average Bonchev–Trinajstić information content (AvgIpc) is 3.46. The van der Waals surface area contributed by atoms with Crippen LogP contribution in [0.3, 0.4) is 0 Å². The Kier molecular flexibility index (Phi) is 4.18. The zero-order valence-electron chi connectivity index (χ0n) is 14.7. The zero-order valence-corrected chi connectivity index (χ0v) is 14.7. The summed E-state index contributed by atoms with van der Waals surface area (Å²) in [4.78, 5) is 17.0. The summed E-state index contributed by atoms with van der Waals surface area (Å²) in [5.74, 6) is 1.65. The summed E-state index contributed by atoms with van der Waals surface area (Å²) in [6.45, 7) is 0.545. The molecule has 1 aliphatic rings. The molecule has 1 saturated carbocycles. The third-order valence-electron chi connectivity index (χ3n) is 4.88. The predicted octanol–water partition coefficient (Wildman–Crippen LogP) is 3.29. The first-order valence-corrected chi connectivity index (χ1v) is 8.89. The fourth-order valence-corrected chi connectivity index (χ4v) is 3.28. The highest BCUT2D eigenvalue weighted by atomic mass is 16.1. The minimum Gasteiger partial charge on any atom is -0.352 e. The van der Waals surface area contributed by atoms with Gasteiger partial charge in [0.1, 0.15) is 5.82 Å². The van der Waals surface area contributed by atoms with Crippen LogP contribution in [0, 0.1) is 11.3 Å². The van der Waals surface area contributed by atoms with Crippen molar-refractivity contribution in [2.45, 2.75) is 25.2 Å². The molecule has 0 saturated heterocycles. The maximum atomic E-state index is 12.2. The summed E-state index contributed by atoms with van der Waals surface area (Å²) in [5.41, 5.74) is 4.35. The number of hydrogen-bond donors (Lipinski definition) is 1. The summed E-state index contributed by atoms with van der Waals surface area (Å²) in [7, 11) is 2.08. The molecule has 5 heteroatoms. The Morgan fingerprint density at radius 1 is 1.31 bits per heavy atom. The third kappa shape index (κ3) is 3.18. The number of carbonyl (C=O) groups excluding carboxylic acids is 1. The molecule has 0 radical (unpaired) electrons. The fourth-order valence-electron chi connectivity index (χ4n) is 3.28. The molecule has 0 bridgehead atoms. The smallest absolute Gasteiger partial charge is 0.251 e. The van der Waals surface area contributed by atoms with Crippen LogP contribution in [0.4, 0.5) is 0 Å². The summed E-state index contributed by atoms with van der Waals surface area (Å²) >= 11 is 0. The van der Waals surface area contributed by atoms with Crippen molar-refractivity contribution in [3.63, 3.8) is 0 Å². The predicted molar refractivity (Wildman–Crippen MR) is 99.9 cm³/mol. The average molecular weight is 344 g/mol. The molecule has 0 atom stereocenters. The molecule has 1 heterocycles. The quantitative estimate of drug-likeness (QED) is 0.772. The lowest BCUT2D eigenvalue weighted by Gasteiger charge is -2.06. The van der Waals surface area contributed by atoms with Gasteiger partial charge in [-0.15, -0.1) is 0 Å². The van der Waals surface area contributed by atoms with Crippen molar-refractivity contribution in [2.75, 3.05) is 6.54 Å². The number of nitrogens with zero attached hydrogens (tertiary/aromatic N) is 3. The second-order valence-electron chi connectivity index (χ2n) is 6.82. The van der Waals surface area contributed by atoms with Gasteiger partial charge in [-0.05, 0) is 55.2 Å². The lowest BCUT2D eigenvalue weighted by molar-refractivity contribution is 0.0954. The van der Waals surface area contributed by atoms with Crippen LogP contribution in [-0.2, 0) is 13.5 Å². The number of aromatic nitrogens is 2. The zero-order chi connectivity index (χ0) is 18.1. The number of nitrogens with one attached hydrogen (secondary N) is 1. The number of fused-ring (bicyclic) bond motifs is 1. The molecule has 1 aliphatic carbocycles. The third-order valence-corrected chi connectivity index (χ3v) is 4.88. The molecule has 5 nitrogen and oxygen atoms in total. The van der Waals surface area contributed by atoms with Crippen molar-refractivity contribution < 1.29 is 4.79 Å². The Labute approximate surface area is 152 Å². The molecular formula is C21H20N4O. The lowest BCUT2D eigenvalue weighted by atomic mass is 10.1. The van der Waals surface area contributed by atoms with Crippen LogP contribution in [0.2, 0.25) is 0 Å². The van der Waals surface area contributed by atoms with E-state index >= 15 is 0 Å². The number of carbonyl (C=O) groups is 1. The molecule has 130 valence electrons. The largest absolute Gasteiger partial charge is 0.352 e. The summed E-state index contributed by atoms with van der Waals surface area (Å²) in [5, 5.41) is 11.8. The first-order chi connectivity index (χ1) is 12.7. The first kappa shape index (κ1) is 16.3. The molecule has 3 aromatic rings. The van der Waals surface area contributed by atoms with Crippen molar-refractivity contribution in [3.8, 4) is 6.07 Å². The molecular weight excluding hydrogens is 324 g/mol. The van der Waals surface area contributed by atoms with Crippen LogP contribution in [0.15, 0.2) is 42.5 Å². The molecule has 26 heavy (non-hydrogen) atoms. The van der Waals surface area contributed by atoms with Crippen LogP contribution in [-0.4, -0.2) is 22.0 Å². The molecule has 0 unspecified atom stereocenters. The standard InChI is InChI=1S/C21H20N4O/c1-25-19-8-5-14(12-18(19)24-20(25)16-6-7-16)9-10-23-21(26)17-4-2-3-15(11-17)13-22/h2-5,8,11-12,16H,6-7,9-10H2,1H3,(H,23,26). The highest BCUT2D eigenvalue weighted by molar-refractivity contribution is 5.94. The van der Waals surface area contributed by atoms with E-state index in [-0.39, 0.29) is 5.91 Å². The van der Waals surface area contributed by atoms with Crippen molar-refractivity contribution >= 4 is 16.9 Å². The summed E-state index contributed by atoms with van der Waals surface area (Å²) < 4.78 is 2.20. The summed E-state index contributed by atoms with van der Waals surface area (Å²) in [6.07, 6.45) is 3.22. The van der Waals surface area contributed by atoms with E-state index in [1.54, 1.807) is 24.3 Å². The van der Waals surface area contributed by atoms with Crippen LogP contribution in [0.25, 0.3) is 11.0 Å². The number of aryl methyl sites for hydroxylation is 1. The van der Waals surface area contributed by atoms with E-state index in [1.165, 1.54) is 18.7 Å². The number of imidazole rings is 1. The minimum atomic E-state index is -0.156. The molecule has 4 rings (SSSR count). The Hall–Kier alpha value is -3.13. The number of benzene rings is 2. The van der Waals surface area contributed by atoms with Gasteiger partial charge in [-0.2, -0.15) is 5.26 Å². The van der Waals surface area contributed by atoms with E-state index in [0.717, 1.165) is 23.0 Å². The van der Waals surface area contributed by atoms with Crippen LogP contribution >= 0.6 is 0 Å². The Morgan fingerprint density at radius 3 is 2.92 bits per heavy atom. The Bertz CT molecular complexity index is 1020. The maximum Gasteiger partial charge on any atom is 0.251 e. The van der Waals surface area contributed by atoms with Gasteiger partial charge in [-0.1, -0.05) is 12.1 Å². The second-order valence-corrected chi connectivity index (χ2v) is 6.82. The van der Waals surface area contributed by atoms with E-state index in [9.17, 15) is 4.79 Å². The van der Waals surface area contributed by atoms with Gasteiger partial charge in [0.2, 0.25) is 0 Å². The first-order valence-electron chi connectivity index (χ1n) is 8.89. The molecule has 1 amide bonds. The van der Waals surface area contributed by atoms with Crippen LogP contribution in [0.5, 0.6) is 0 Å². The Morgan fingerprint density at radius 2 is 2.15 bits per heavy atom. The van der Waals surface area contributed by atoms with Crippen LogP contribution < -0.4 is 5.32 Å². The van der Waals surface area contributed by atoms with E-state index in [2.05, 4.69) is 41.2 Å². The highest BCUT2D eigenvalue weighted by Crippen LogP contribution is 2.40. The van der Waals surface area contributed by atoms with Crippen molar-refractivity contribution in [1.29, 1.82) is 5.26 Å². The fraction of sp³-hybridized carbons (Fsp3) is 0.286. The van der Waals surface area contributed by atoms with Gasteiger partial charge in [-0.3, -0.25) is 4.79 Å². The molecule has 0 spiro atoms.